The fraction of sp³-hybridized carbons (Fsp3) is 0.174. The van der Waals surface area contributed by atoms with E-state index in [1.54, 1.807) is 6.26 Å². The van der Waals surface area contributed by atoms with Gasteiger partial charge in [0.25, 0.3) is 5.91 Å². The van der Waals surface area contributed by atoms with Crippen molar-refractivity contribution in [3.8, 4) is 11.4 Å². The Morgan fingerprint density at radius 3 is 2.58 bits per heavy atom. The molecule has 0 saturated heterocycles. The highest BCUT2D eigenvalue weighted by molar-refractivity contribution is 6.03. The molecule has 2 aromatic heterocycles. The van der Waals surface area contributed by atoms with Crippen LogP contribution >= 0.6 is 0 Å². The lowest BCUT2D eigenvalue weighted by Gasteiger charge is -2.19. The van der Waals surface area contributed by atoms with Crippen molar-refractivity contribution >= 4 is 11.6 Å². The summed E-state index contributed by atoms with van der Waals surface area (Å²) in [4.78, 5) is 14.4. The summed E-state index contributed by atoms with van der Waals surface area (Å²) in [6.45, 7) is 1.97. The Balaban J connectivity index is 1.40. The lowest BCUT2D eigenvalue weighted by Crippen LogP contribution is -2.31. The van der Waals surface area contributed by atoms with Gasteiger partial charge in [-0.05, 0) is 29.8 Å². The Bertz CT molecular complexity index is 1210. The van der Waals surface area contributed by atoms with Gasteiger partial charge in [0, 0.05) is 12.0 Å². The van der Waals surface area contributed by atoms with E-state index in [4.69, 9.17) is 4.42 Å². The van der Waals surface area contributed by atoms with Gasteiger partial charge in [-0.1, -0.05) is 60.2 Å². The molecule has 4 aromatic rings. The fourth-order valence-corrected chi connectivity index (χ4v) is 3.57. The Morgan fingerprint density at radius 2 is 1.84 bits per heavy atom. The Hall–Kier alpha value is -4.07. The minimum Gasteiger partial charge on any atom is -0.467 e. The summed E-state index contributed by atoms with van der Waals surface area (Å²) in [6, 6.07) is 21.0. The third-order valence-corrected chi connectivity index (χ3v) is 5.18. The Kier molecular flexibility index (Phi) is 4.87. The highest BCUT2D eigenvalue weighted by Crippen LogP contribution is 2.33. The van der Waals surface area contributed by atoms with Crippen LogP contribution in [0, 0.1) is 6.92 Å². The monoisotopic (exact) mass is 412 g/mol. The van der Waals surface area contributed by atoms with E-state index in [2.05, 4.69) is 20.5 Å². The first-order valence-corrected chi connectivity index (χ1v) is 10.0. The van der Waals surface area contributed by atoms with Crippen LogP contribution in [0.3, 0.4) is 0 Å². The average molecular weight is 412 g/mol. The molecule has 1 aliphatic rings. The molecule has 0 saturated carbocycles. The Morgan fingerprint density at radius 1 is 1.03 bits per heavy atom. The molecule has 8 heteroatoms. The molecule has 0 aliphatic carbocycles. The van der Waals surface area contributed by atoms with Gasteiger partial charge in [-0.3, -0.25) is 4.79 Å². The summed E-state index contributed by atoms with van der Waals surface area (Å²) < 4.78 is 5.60. The van der Waals surface area contributed by atoms with E-state index in [9.17, 15) is 4.79 Å². The second kappa shape index (κ2) is 7.98. The zero-order chi connectivity index (χ0) is 21.2. The van der Waals surface area contributed by atoms with Crippen molar-refractivity contribution in [3.63, 3.8) is 0 Å². The van der Waals surface area contributed by atoms with Crippen LogP contribution in [0.4, 0.5) is 0 Å². The minimum absolute atomic E-state index is 0.0677. The normalized spacial score (nSPS) is 15.8. The number of furan rings is 1. The smallest absolute Gasteiger partial charge is 0.267 e. The molecule has 0 N–H and O–H groups in total. The maximum Gasteiger partial charge on any atom is 0.267 e. The van der Waals surface area contributed by atoms with E-state index >= 15 is 0 Å². The molecular weight excluding hydrogens is 392 g/mol. The van der Waals surface area contributed by atoms with Gasteiger partial charge >= 0.3 is 0 Å². The molecule has 154 valence electrons. The van der Waals surface area contributed by atoms with Crippen LogP contribution in [0.2, 0.25) is 0 Å². The molecular formula is C23H20N6O2. The first-order valence-electron chi connectivity index (χ1n) is 10.0. The third kappa shape index (κ3) is 3.87. The molecule has 31 heavy (non-hydrogen) atoms. The number of amides is 1. The number of carbonyl (C=O) groups is 1. The predicted octanol–water partition coefficient (Wildman–Crippen LogP) is 3.62. The van der Waals surface area contributed by atoms with Crippen molar-refractivity contribution in [2.75, 3.05) is 0 Å². The standard InChI is InChI=1S/C23H20N6O2/c1-16-9-11-17(12-10-16)19-14-20(21-8-5-13-31-21)29(25-19)22(30)15-28-26-23(24-27-28)18-6-3-2-4-7-18/h2-13,20H,14-15H2,1H3/t20-/m0/s1. The fourth-order valence-electron chi connectivity index (χ4n) is 3.57. The molecule has 0 radical (unpaired) electrons. The van der Waals surface area contributed by atoms with E-state index in [0.29, 0.717) is 18.0 Å². The molecule has 1 aliphatic heterocycles. The molecule has 5 rings (SSSR count). The molecule has 0 spiro atoms. The maximum atomic E-state index is 13.1. The van der Waals surface area contributed by atoms with Gasteiger partial charge in [-0.25, -0.2) is 5.01 Å². The van der Waals surface area contributed by atoms with Gasteiger partial charge in [-0.15, -0.1) is 10.2 Å². The lowest BCUT2D eigenvalue weighted by molar-refractivity contribution is -0.134. The SMILES string of the molecule is Cc1ccc(C2=NN(C(=O)Cn3nnc(-c4ccccc4)n3)[C@H](c3ccco3)C2)cc1. The van der Waals surface area contributed by atoms with Gasteiger partial charge in [0.15, 0.2) is 0 Å². The quantitative estimate of drug-likeness (QED) is 0.499. The average Bonchev–Trinajstić information content (AvgIpc) is 3.55. The molecule has 0 unspecified atom stereocenters. The zero-order valence-electron chi connectivity index (χ0n) is 16.9. The number of benzene rings is 2. The first kappa shape index (κ1) is 18.9. The second-order valence-corrected chi connectivity index (χ2v) is 7.40. The van der Waals surface area contributed by atoms with Gasteiger partial charge < -0.3 is 4.42 Å². The van der Waals surface area contributed by atoms with Crippen LogP contribution < -0.4 is 0 Å². The number of nitrogens with zero attached hydrogens (tertiary/aromatic N) is 6. The first-order chi connectivity index (χ1) is 15.2. The lowest BCUT2D eigenvalue weighted by atomic mass is 10.0. The predicted molar refractivity (Wildman–Crippen MR) is 114 cm³/mol. The van der Waals surface area contributed by atoms with Gasteiger partial charge in [0.05, 0.1) is 12.0 Å². The van der Waals surface area contributed by atoms with Crippen molar-refractivity contribution in [2.45, 2.75) is 25.9 Å². The Labute approximate surface area is 178 Å². The number of hydrogen-bond acceptors (Lipinski definition) is 6. The van der Waals surface area contributed by atoms with Crippen molar-refractivity contribution < 1.29 is 9.21 Å². The van der Waals surface area contributed by atoms with Crippen LogP contribution in [0.1, 0.15) is 29.3 Å². The van der Waals surface area contributed by atoms with Crippen molar-refractivity contribution in [1.82, 2.24) is 25.2 Å². The van der Waals surface area contributed by atoms with Crippen LogP contribution in [0.5, 0.6) is 0 Å². The van der Waals surface area contributed by atoms with Crippen molar-refractivity contribution in [2.24, 2.45) is 5.10 Å². The van der Waals surface area contributed by atoms with Crippen LogP contribution in [-0.2, 0) is 11.3 Å². The molecule has 0 bridgehead atoms. The van der Waals surface area contributed by atoms with Crippen LogP contribution in [-0.4, -0.2) is 36.8 Å². The highest BCUT2D eigenvalue weighted by atomic mass is 16.3. The number of carbonyl (C=O) groups excluding carboxylic acids is 1. The number of hydrogen-bond donors (Lipinski definition) is 0. The van der Waals surface area contributed by atoms with Gasteiger partial charge in [-0.2, -0.15) is 9.90 Å². The summed E-state index contributed by atoms with van der Waals surface area (Å²) >= 11 is 0. The summed E-state index contributed by atoms with van der Waals surface area (Å²) in [7, 11) is 0. The summed E-state index contributed by atoms with van der Waals surface area (Å²) in [6.07, 6.45) is 2.18. The van der Waals surface area contributed by atoms with Crippen molar-refractivity contribution in [3.05, 3.63) is 89.9 Å². The summed E-state index contributed by atoms with van der Waals surface area (Å²) in [5.41, 5.74) is 3.84. The van der Waals surface area contributed by atoms with E-state index in [0.717, 1.165) is 16.8 Å². The number of rotatable bonds is 5. The number of tetrazole rings is 1. The van der Waals surface area contributed by atoms with Gasteiger partial charge in [0.1, 0.15) is 18.3 Å². The molecule has 1 atom stereocenters. The van der Waals surface area contributed by atoms with E-state index in [1.165, 1.54) is 15.4 Å². The highest BCUT2D eigenvalue weighted by Gasteiger charge is 2.35. The van der Waals surface area contributed by atoms with E-state index in [1.807, 2.05) is 73.7 Å². The largest absolute Gasteiger partial charge is 0.467 e. The van der Waals surface area contributed by atoms with Crippen molar-refractivity contribution in [1.29, 1.82) is 0 Å². The molecule has 2 aromatic carbocycles. The second-order valence-electron chi connectivity index (χ2n) is 7.40. The van der Waals surface area contributed by atoms with Gasteiger partial charge in [0.2, 0.25) is 5.82 Å². The molecule has 8 nitrogen and oxygen atoms in total. The number of aromatic nitrogens is 4. The third-order valence-electron chi connectivity index (χ3n) is 5.18. The number of aryl methyl sites for hydroxylation is 1. The molecule has 3 heterocycles. The zero-order valence-corrected chi connectivity index (χ0v) is 16.9. The van der Waals surface area contributed by atoms with E-state index < -0.39 is 0 Å². The molecule has 1 amide bonds. The summed E-state index contributed by atoms with van der Waals surface area (Å²) in [5.74, 6) is 0.928. The topological polar surface area (TPSA) is 89.4 Å². The van der Waals surface area contributed by atoms with Crippen LogP contribution in [0.15, 0.2) is 82.5 Å². The maximum absolute atomic E-state index is 13.1. The summed E-state index contributed by atoms with van der Waals surface area (Å²) in [5, 5.41) is 18.5. The van der Waals surface area contributed by atoms with Crippen LogP contribution in [0.25, 0.3) is 11.4 Å². The van der Waals surface area contributed by atoms with E-state index in [-0.39, 0.29) is 18.5 Å². The molecule has 0 fully saturated rings. The number of hydrazone groups is 1. The minimum atomic E-state index is -0.309.